The number of aliphatic hydroxyl groups excluding tert-OH is 2. The van der Waals surface area contributed by atoms with Crippen LogP contribution in [0.2, 0.25) is 5.02 Å². The lowest BCUT2D eigenvalue weighted by Crippen LogP contribution is -2.29. The number of carbonyl (C=O) groups excluding carboxylic acids is 1. The van der Waals surface area contributed by atoms with Crippen molar-refractivity contribution < 1.29 is 32.2 Å². The van der Waals surface area contributed by atoms with Crippen molar-refractivity contribution in [1.82, 2.24) is 9.97 Å². The zero-order chi connectivity index (χ0) is 25.3. The summed E-state index contributed by atoms with van der Waals surface area (Å²) in [5.74, 6) is -4.57. The second kappa shape index (κ2) is 9.70. The second-order valence-corrected chi connectivity index (χ2v) is 9.87. The first-order valence-electron chi connectivity index (χ1n) is 10.1. The van der Waals surface area contributed by atoms with Gasteiger partial charge < -0.3 is 15.2 Å². The second-order valence-electron chi connectivity index (χ2n) is 7.66. The number of ketones is 1. The molecule has 4 N–H and O–H groups in total. The van der Waals surface area contributed by atoms with E-state index in [-0.39, 0.29) is 5.56 Å². The molecule has 0 amide bonds. The van der Waals surface area contributed by atoms with Crippen molar-refractivity contribution in [3.8, 4) is 11.1 Å². The molecule has 0 bridgehead atoms. The summed E-state index contributed by atoms with van der Waals surface area (Å²) in [5.41, 5.74) is -0.0288. The third-order valence-corrected chi connectivity index (χ3v) is 6.77. The molecule has 0 saturated heterocycles. The normalized spacial score (nSPS) is 12.6. The summed E-state index contributed by atoms with van der Waals surface area (Å²) in [6.45, 7) is -0.830. The molecule has 2 aromatic heterocycles. The quantitative estimate of drug-likeness (QED) is 0.262. The zero-order valence-electron chi connectivity index (χ0n) is 17.8. The molecule has 1 atom stereocenters. The van der Waals surface area contributed by atoms with E-state index < -0.39 is 57.2 Å². The number of hydrogen-bond donors (Lipinski definition) is 4. The Morgan fingerprint density at radius 2 is 1.86 bits per heavy atom. The first-order chi connectivity index (χ1) is 16.6. The highest BCUT2D eigenvalue weighted by Gasteiger charge is 2.26. The molecule has 1 unspecified atom stereocenters. The number of pyridine rings is 1. The van der Waals surface area contributed by atoms with Gasteiger partial charge in [-0.3, -0.25) is 9.52 Å². The molecule has 0 fully saturated rings. The first kappa shape index (κ1) is 24.7. The van der Waals surface area contributed by atoms with E-state index in [9.17, 15) is 22.7 Å². The molecule has 0 aliphatic carbocycles. The number of nitrogens with one attached hydrogen (secondary N) is 2. The Kier molecular flexibility index (Phi) is 6.86. The molecule has 4 rings (SSSR count). The summed E-state index contributed by atoms with van der Waals surface area (Å²) >= 11 is 5.92. The predicted octanol–water partition coefficient (Wildman–Crippen LogP) is 3.49. The van der Waals surface area contributed by atoms with Crippen LogP contribution in [-0.2, 0) is 10.0 Å². The SMILES string of the molecule is O=C(c1c(F)ccc(NS(=O)(=O)CC(O)CO)c1F)c1c[nH]c2ncc(-c3ccc(Cl)cc3)cc12. The van der Waals surface area contributed by atoms with E-state index in [0.717, 1.165) is 17.7 Å². The van der Waals surface area contributed by atoms with Crippen molar-refractivity contribution in [2.24, 2.45) is 0 Å². The Morgan fingerprint density at radius 3 is 2.54 bits per heavy atom. The fourth-order valence-electron chi connectivity index (χ4n) is 3.48. The van der Waals surface area contributed by atoms with Crippen molar-refractivity contribution in [2.45, 2.75) is 6.10 Å². The minimum atomic E-state index is -4.31. The third kappa shape index (κ3) is 5.17. The summed E-state index contributed by atoms with van der Waals surface area (Å²) in [7, 11) is -4.31. The molecular formula is C23H18ClF2N3O5S. The maximum Gasteiger partial charge on any atom is 0.235 e. The highest BCUT2D eigenvalue weighted by molar-refractivity contribution is 7.92. The monoisotopic (exact) mass is 521 g/mol. The van der Waals surface area contributed by atoms with Gasteiger partial charge in [-0.2, -0.15) is 0 Å². The van der Waals surface area contributed by atoms with Crippen LogP contribution < -0.4 is 4.72 Å². The summed E-state index contributed by atoms with van der Waals surface area (Å²) in [6.07, 6.45) is 1.22. The Balaban J connectivity index is 1.74. The smallest absolute Gasteiger partial charge is 0.235 e. The molecule has 35 heavy (non-hydrogen) atoms. The van der Waals surface area contributed by atoms with E-state index in [4.69, 9.17) is 16.7 Å². The van der Waals surface area contributed by atoms with E-state index in [1.165, 1.54) is 6.20 Å². The lowest BCUT2D eigenvalue weighted by molar-refractivity contribution is 0.103. The average Bonchev–Trinajstić information content (AvgIpc) is 3.24. The van der Waals surface area contributed by atoms with Gasteiger partial charge in [-0.05, 0) is 35.9 Å². The molecule has 8 nitrogen and oxygen atoms in total. The van der Waals surface area contributed by atoms with Gasteiger partial charge in [-0.25, -0.2) is 22.2 Å². The topological polar surface area (TPSA) is 132 Å². The zero-order valence-corrected chi connectivity index (χ0v) is 19.4. The minimum absolute atomic E-state index is 0.0724. The standard InChI is InChI=1S/C23H18ClF2N3O5S/c24-14-3-1-12(2-4-14)13-7-16-17(9-28-23(16)27-8-13)22(32)20-18(25)5-6-19(21(20)26)29-35(33,34)11-15(31)10-30/h1-9,15,29-31H,10-11H2,(H,27,28). The summed E-state index contributed by atoms with van der Waals surface area (Å²) in [5, 5.41) is 19.1. The molecule has 2 aromatic carbocycles. The van der Waals surface area contributed by atoms with Crippen LogP contribution >= 0.6 is 11.6 Å². The van der Waals surface area contributed by atoms with Gasteiger partial charge in [0.2, 0.25) is 15.8 Å². The van der Waals surface area contributed by atoms with E-state index in [1.807, 2.05) is 4.72 Å². The molecule has 2 heterocycles. The van der Waals surface area contributed by atoms with Gasteiger partial charge in [0.1, 0.15) is 11.5 Å². The van der Waals surface area contributed by atoms with Gasteiger partial charge >= 0.3 is 0 Å². The van der Waals surface area contributed by atoms with Crippen LogP contribution in [0.4, 0.5) is 14.5 Å². The largest absolute Gasteiger partial charge is 0.394 e. The van der Waals surface area contributed by atoms with E-state index in [2.05, 4.69) is 9.97 Å². The lowest BCUT2D eigenvalue weighted by atomic mass is 10.00. The molecule has 182 valence electrons. The van der Waals surface area contributed by atoms with Crippen molar-refractivity contribution in [1.29, 1.82) is 0 Å². The number of aromatic amines is 1. The molecule has 0 aliphatic heterocycles. The predicted molar refractivity (Wildman–Crippen MR) is 127 cm³/mol. The number of fused-ring (bicyclic) bond motifs is 1. The van der Waals surface area contributed by atoms with Gasteiger partial charge in [0, 0.05) is 33.9 Å². The third-order valence-electron chi connectivity index (χ3n) is 5.16. The molecule has 0 spiro atoms. The summed E-state index contributed by atoms with van der Waals surface area (Å²) in [4.78, 5) is 20.2. The maximum absolute atomic E-state index is 15.2. The van der Waals surface area contributed by atoms with E-state index in [1.54, 1.807) is 36.5 Å². The number of halogens is 3. The Morgan fingerprint density at radius 1 is 1.14 bits per heavy atom. The van der Waals surface area contributed by atoms with Crippen molar-refractivity contribution in [3.63, 3.8) is 0 Å². The first-order valence-corrected chi connectivity index (χ1v) is 12.2. The fraction of sp³-hybridized carbons (Fsp3) is 0.130. The number of rotatable bonds is 8. The van der Waals surface area contributed by atoms with E-state index >= 15 is 4.39 Å². The van der Waals surface area contributed by atoms with Gasteiger partial charge in [-0.15, -0.1) is 0 Å². The van der Waals surface area contributed by atoms with Crippen LogP contribution in [0, 0.1) is 11.6 Å². The van der Waals surface area contributed by atoms with Crippen molar-refractivity contribution >= 4 is 44.1 Å². The molecule has 12 heteroatoms. The number of anilines is 1. The van der Waals surface area contributed by atoms with Crippen LogP contribution in [0.5, 0.6) is 0 Å². The molecular weight excluding hydrogens is 504 g/mol. The summed E-state index contributed by atoms with van der Waals surface area (Å²) in [6, 6.07) is 10.1. The highest BCUT2D eigenvalue weighted by Crippen LogP contribution is 2.30. The Labute approximate surface area is 203 Å². The number of benzene rings is 2. The maximum atomic E-state index is 15.2. The van der Waals surface area contributed by atoms with Crippen LogP contribution in [0.1, 0.15) is 15.9 Å². The summed E-state index contributed by atoms with van der Waals surface area (Å²) < 4.78 is 55.9. The number of aromatic nitrogens is 2. The highest BCUT2D eigenvalue weighted by atomic mass is 35.5. The average molecular weight is 522 g/mol. The fourth-order valence-corrected chi connectivity index (χ4v) is 4.79. The molecule has 0 saturated carbocycles. The molecule has 0 radical (unpaired) electrons. The number of carbonyl (C=O) groups is 1. The van der Waals surface area contributed by atoms with Crippen LogP contribution in [0.15, 0.2) is 54.9 Å². The van der Waals surface area contributed by atoms with Crippen molar-refractivity contribution in [2.75, 3.05) is 17.1 Å². The van der Waals surface area contributed by atoms with Crippen LogP contribution in [0.25, 0.3) is 22.2 Å². The number of hydrogen-bond acceptors (Lipinski definition) is 6. The Bertz CT molecular complexity index is 1520. The molecule has 0 aliphatic rings. The number of aliphatic hydroxyl groups is 2. The minimum Gasteiger partial charge on any atom is -0.394 e. The van der Waals surface area contributed by atoms with Gasteiger partial charge in [0.05, 0.1) is 29.7 Å². The van der Waals surface area contributed by atoms with Gasteiger partial charge in [0.25, 0.3) is 0 Å². The lowest BCUT2D eigenvalue weighted by Gasteiger charge is -2.13. The Hall–Kier alpha value is -3.38. The number of sulfonamides is 1. The van der Waals surface area contributed by atoms with Crippen molar-refractivity contribution in [3.05, 3.63) is 82.6 Å². The number of nitrogens with zero attached hydrogens (tertiary/aromatic N) is 1. The van der Waals surface area contributed by atoms with E-state index in [0.29, 0.717) is 21.6 Å². The number of H-pyrrole nitrogens is 1. The van der Waals surface area contributed by atoms with Gasteiger partial charge in [-0.1, -0.05) is 23.7 Å². The molecule has 4 aromatic rings. The van der Waals surface area contributed by atoms with Crippen LogP contribution in [-0.4, -0.2) is 52.8 Å². The van der Waals surface area contributed by atoms with Gasteiger partial charge in [0.15, 0.2) is 5.82 Å². The van der Waals surface area contributed by atoms with Crippen LogP contribution in [0.3, 0.4) is 0 Å².